The molecule has 0 aliphatic rings. The topological polar surface area (TPSA) is 62.1 Å². The van der Waals surface area contributed by atoms with Crippen molar-refractivity contribution in [3.63, 3.8) is 0 Å². The van der Waals surface area contributed by atoms with Crippen molar-refractivity contribution in [3.8, 4) is 6.07 Å². The van der Waals surface area contributed by atoms with Crippen molar-refractivity contribution in [1.82, 2.24) is 0 Å². The smallest absolute Gasteiger partial charge is 0.250 e. The van der Waals surface area contributed by atoms with Crippen LogP contribution in [0, 0.1) is 11.3 Å². The highest BCUT2D eigenvalue weighted by Crippen LogP contribution is 2.08. The first-order chi connectivity index (χ1) is 8.76. The molecule has 18 heavy (non-hydrogen) atoms. The summed E-state index contributed by atoms with van der Waals surface area (Å²) in [6.45, 7) is 4.19. The number of carbonyl (C=O) groups excluding carboxylic acids is 1. The fourth-order valence-electron chi connectivity index (χ4n) is 1.32. The number of rotatable bonds is 7. The van der Waals surface area contributed by atoms with Gasteiger partial charge in [-0.2, -0.15) is 5.26 Å². The number of anilines is 1. The van der Waals surface area contributed by atoms with Gasteiger partial charge in [-0.3, -0.25) is 4.79 Å². The summed E-state index contributed by atoms with van der Waals surface area (Å²) in [6.07, 6.45) is 3.57. The average Bonchev–Trinajstić information content (AvgIpc) is 2.39. The number of ether oxygens (including phenoxy) is 1. The Morgan fingerprint density at radius 3 is 2.78 bits per heavy atom. The maximum absolute atomic E-state index is 11.5. The van der Waals surface area contributed by atoms with E-state index in [0.717, 1.165) is 12.8 Å². The molecule has 0 spiro atoms. The molecule has 0 atom stereocenters. The first kappa shape index (κ1) is 13.9. The largest absolute Gasteiger partial charge is 0.372 e. The van der Waals surface area contributed by atoms with Gasteiger partial charge in [0.05, 0.1) is 11.6 Å². The maximum Gasteiger partial charge on any atom is 0.250 e. The minimum absolute atomic E-state index is 0.0388. The van der Waals surface area contributed by atoms with Gasteiger partial charge in [0, 0.05) is 12.3 Å². The summed E-state index contributed by atoms with van der Waals surface area (Å²) in [7, 11) is 0. The van der Waals surface area contributed by atoms with E-state index in [-0.39, 0.29) is 12.5 Å². The molecule has 1 rings (SSSR count). The lowest BCUT2D eigenvalue weighted by molar-refractivity contribution is -0.120. The second kappa shape index (κ2) is 8.04. The normalized spacial score (nSPS) is 9.50. The number of carbonyl (C=O) groups is 1. The van der Waals surface area contributed by atoms with Crippen molar-refractivity contribution in [2.24, 2.45) is 0 Å². The zero-order valence-corrected chi connectivity index (χ0v) is 10.2. The van der Waals surface area contributed by atoms with E-state index in [0.29, 0.717) is 17.9 Å². The summed E-state index contributed by atoms with van der Waals surface area (Å²) in [6, 6.07) is 8.70. The molecule has 1 aromatic rings. The highest BCUT2D eigenvalue weighted by molar-refractivity contribution is 5.91. The molecule has 4 nitrogen and oxygen atoms in total. The van der Waals surface area contributed by atoms with Gasteiger partial charge in [-0.15, -0.1) is 6.58 Å². The van der Waals surface area contributed by atoms with Crippen LogP contribution >= 0.6 is 0 Å². The number of hydrogen-bond donors (Lipinski definition) is 1. The van der Waals surface area contributed by atoms with Crippen molar-refractivity contribution in [1.29, 1.82) is 5.26 Å². The number of nitriles is 1. The van der Waals surface area contributed by atoms with Crippen LogP contribution in [0.25, 0.3) is 0 Å². The monoisotopic (exact) mass is 244 g/mol. The van der Waals surface area contributed by atoms with Crippen LogP contribution in [0.4, 0.5) is 5.69 Å². The summed E-state index contributed by atoms with van der Waals surface area (Å²) in [5, 5.41) is 11.3. The Hall–Kier alpha value is -2.12. The van der Waals surface area contributed by atoms with Gasteiger partial charge in [0.1, 0.15) is 6.61 Å². The van der Waals surface area contributed by atoms with Gasteiger partial charge in [-0.05, 0) is 37.1 Å². The van der Waals surface area contributed by atoms with Crippen LogP contribution in [0.2, 0.25) is 0 Å². The number of allylic oxidation sites excluding steroid dienone is 1. The Kier molecular flexibility index (Phi) is 6.23. The summed E-state index contributed by atoms with van der Waals surface area (Å²) in [4.78, 5) is 11.5. The van der Waals surface area contributed by atoms with Gasteiger partial charge >= 0.3 is 0 Å². The van der Waals surface area contributed by atoms with Gasteiger partial charge in [0.25, 0.3) is 0 Å². The number of unbranched alkanes of at least 4 members (excludes halogenated alkanes) is 1. The van der Waals surface area contributed by atoms with Crippen molar-refractivity contribution in [2.75, 3.05) is 18.5 Å². The number of hydrogen-bond acceptors (Lipinski definition) is 3. The van der Waals surface area contributed by atoms with E-state index in [1.807, 2.05) is 12.1 Å². The van der Waals surface area contributed by atoms with Crippen LogP contribution in [-0.2, 0) is 9.53 Å². The molecule has 0 heterocycles. The molecule has 4 heteroatoms. The van der Waals surface area contributed by atoms with E-state index in [1.165, 1.54) is 0 Å². The summed E-state index contributed by atoms with van der Waals surface area (Å²) in [5.74, 6) is -0.196. The first-order valence-corrected chi connectivity index (χ1v) is 5.75. The minimum Gasteiger partial charge on any atom is -0.372 e. The van der Waals surface area contributed by atoms with Crippen LogP contribution < -0.4 is 5.32 Å². The minimum atomic E-state index is -0.196. The fourth-order valence-corrected chi connectivity index (χ4v) is 1.32. The van der Waals surface area contributed by atoms with Crippen molar-refractivity contribution < 1.29 is 9.53 Å². The Balaban J connectivity index is 2.27. The summed E-state index contributed by atoms with van der Waals surface area (Å²) < 4.78 is 5.20. The van der Waals surface area contributed by atoms with Crippen LogP contribution in [-0.4, -0.2) is 19.1 Å². The second-order valence-electron chi connectivity index (χ2n) is 3.72. The molecular formula is C14H16N2O2. The molecular weight excluding hydrogens is 228 g/mol. The van der Waals surface area contributed by atoms with Crippen molar-refractivity contribution in [2.45, 2.75) is 12.8 Å². The predicted octanol–water partition coefficient (Wildman–Crippen LogP) is 2.48. The Bertz CT molecular complexity index is 432. The van der Waals surface area contributed by atoms with Crippen LogP contribution in [0.1, 0.15) is 18.4 Å². The van der Waals surface area contributed by atoms with E-state index in [9.17, 15) is 4.79 Å². The van der Waals surface area contributed by atoms with Crippen LogP contribution in [0.5, 0.6) is 0 Å². The van der Waals surface area contributed by atoms with Crippen molar-refractivity contribution in [3.05, 3.63) is 42.5 Å². The number of benzene rings is 1. The molecule has 0 aliphatic heterocycles. The lowest BCUT2D eigenvalue weighted by Gasteiger charge is -2.05. The third-order valence-electron chi connectivity index (χ3n) is 2.23. The van der Waals surface area contributed by atoms with E-state index >= 15 is 0 Å². The molecule has 0 aliphatic carbocycles. The Morgan fingerprint density at radius 1 is 1.44 bits per heavy atom. The quantitative estimate of drug-likeness (QED) is 0.592. The Labute approximate surface area is 107 Å². The molecule has 1 amide bonds. The molecule has 0 saturated carbocycles. The standard InChI is InChI=1S/C14H16N2O2/c1-2-3-4-9-18-11-14(17)16-13-7-5-12(10-15)6-8-13/h2,5-8H,1,3-4,9,11H2,(H,16,17). The average molecular weight is 244 g/mol. The number of nitrogens with zero attached hydrogens (tertiary/aromatic N) is 1. The molecule has 0 unspecified atom stereocenters. The highest BCUT2D eigenvalue weighted by Gasteiger charge is 2.02. The van der Waals surface area contributed by atoms with Gasteiger partial charge in [-0.1, -0.05) is 6.08 Å². The molecule has 1 aromatic carbocycles. The molecule has 0 bridgehead atoms. The zero-order chi connectivity index (χ0) is 13.2. The van der Waals surface area contributed by atoms with E-state index in [1.54, 1.807) is 24.3 Å². The molecule has 0 fully saturated rings. The van der Waals surface area contributed by atoms with Gasteiger partial charge in [0.15, 0.2) is 0 Å². The summed E-state index contributed by atoms with van der Waals surface area (Å²) >= 11 is 0. The molecule has 0 saturated heterocycles. The van der Waals surface area contributed by atoms with E-state index in [4.69, 9.17) is 10.00 Å². The van der Waals surface area contributed by atoms with Gasteiger partial charge in [0.2, 0.25) is 5.91 Å². The molecule has 0 radical (unpaired) electrons. The van der Waals surface area contributed by atoms with Crippen LogP contribution in [0.15, 0.2) is 36.9 Å². The zero-order valence-electron chi connectivity index (χ0n) is 10.2. The van der Waals surface area contributed by atoms with Gasteiger partial charge in [-0.25, -0.2) is 0 Å². The van der Waals surface area contributed by atoms with E-state index < -0.39 is 0 Å². The van der Waals surface area contributed by atoms with Gasteiger partial charge < -0.3 is 10.1 Å². The third-order valence-corrected chi connectivity index (χ3v) is 2.23. The third kappa shape index (κ3) is 5.28. The fraction of sp³-hybridized carbons (Fsp3) is 0.286. The molecule has 0 aromatic heterocycles. The lowest BCUT2D eigenvalue weighted by Crippen LogP contribution is -2.18. The second-order valence-corrected chi connectivity index (χ2v) is 3.72. The number of nitrogens with one attached hydrogen (secondary N) is 1. The number of amides is 1. The van der Waals surface area contributed by atoms with Crippen molar-refractivity contribution >= 4 is 11.6 Å². The van der Waals surface area contributed by atoms with E-state index in [2.05, 4.69) is 11.9 Å². The van der Waals surface area contributed by atoms with Crippen LogP contribution in [0.3, 0.4) is 0 Å². The lowest BCUT2D eigenvalue weighted by atomic mass is 10.2. The molecule has 1 N–H and O–H groups in total. The highest BCUT2D eigenvalue weighted by atomic mass is 16.5. The SMILES string of the molecule is C=CCCCOCC(=O)Nc1ccc(C#N)cc1. The maximum atomic E-state index is 11.5. The predicted molar refractivity (Wildman–Crippen MR) is 70.0 cm³/mol. The summed E-state index contributed by atoms with van der Waals surface area (Å²) in [5.41, 5.74) is 1.22. The first-order valence-electron chi connectivity index (χ1n) is 5.75. The molecule has 94 valence electrons. The Morgan fingerprint density at radius 2 is 2.17 bits per heavy atom.